The summed E-state index contributed by atoms with van der Waals surface area (Å²) in [4.78, 5) is 13.7. The van der Waals surface area contributed by atoms with Crippen LogP contribution in [0.15, 0.2) is 18.2 Å². The van der Waals surface area contributed by atoms with Gasteiger partial charge in [0.25, 0.3) is 0 Å². The van der Waals surface area contributed by atoms with Crippen LogP contribution in [0.2, 0.25) is 0 Å². The highest BCUT2D eigenvalue weighted by Crippen LogP contribution is 2.27. The van der Waals surface area contributed by atoms with Crippen LogP contribution in [0.3, 0.4) is 0 Å². The van der Waals surface area contributed by atoms with E-state index in [4.69, 9.17) is 10.5 Å². The molecule has 0 bridgehead atoms. The molecule has 0 saturated carbocycles. The van der Waals surface area contributed by atoms with Crippen molar-refractivity contribution in [3.63, 3.8) is 0 Å². The summed E-state index contributed by atoms with van der Waals surface area (Å²) in [7, 11) is 0. The van der Waals surface area contributed by atoms with Crippen molar-refractivity contribution >= 4 is 17.3 Å². The molecular formula is C14H20N2O3. The summed E-state index contributed by atoms with van der Waals surface area (Å²) < 4.78 is 4.94. The summed E-state index contributed by atoms with van der Waals surface area (Å²) in [6.07, 6.45) is 1.29. The van der Waals surface area contributed by atoms with Crippen molar-refractivity contribution in [2.45, 2.75) is 25.9 Å². The van der Waals surface area contributed by atoms with Gasteiger partial charge in [-0.2, -0.15) is 0 Å². The minimum atomic E-state index is -0.352. The molecule has 5 nitrogen and oxygen atoms in total. The largest absolute Gasteiger partial charge is 0.462 e. The minimum Gasteiger partial charge on any atom is -0.462 e. The maximum absolute atomic E-state index is 11.6. The summed E-state index contributed by atoms with van der Waals surface area (Å²) in [5.74, 6) is -0.352. The molecular weight excluding hydrogens is 244 g/mol. The lowest BCUT2D eigenvalue weighted by atomic mass is 10.1. The van der Waals surface area contributed by atoms with Gasteiger partial charge in [-0.15, -0.1) is 0 Å². The fraction of sp³-hybridized carbons (Fsp3) is 0.500. The molecule has 1 fully saturated rings. The first kappa shape index (κ1) is 13.7. The summed E-state index contributed by atoms with van der Waals surface area (Å²) >= 11 is 0. The van der Waals surface area contributed by atoms with Crippen molar-refractivity contribution in [2.24, 2.45) is 0 Å². The van der Waals surface area contributed by atoms with Gasteiger partial charge in [-0.3, -0.25) is 0 Å². The topological polar surface area (TPSA) is 75.8 Å². The van der Waals surface area contributed by atoms with E-state index in [0.29, 0.717) is 17.9 Å². The average Bonchev–Trinajstić information content (AvgIpc) is 2.40. The monoisotopic (exact) mass is 264 g/mol. The Morgan fingerprint density at radius 2 is 2.16 bits per heavy atom. The van der Waals surface area contributed by atoms with Crippen LogP contribution in [-0.4, -0.2) is 36.9 Å². The van der Waals surface area contributed by atoms with Crippen LogP contribution < -0.4 is 10.6 Å². The van der Waals surface area contributed by atoms with Crippen LogP contribution >= 0.6 is 0 Å². The maximum atomic E-state index is 11.6. The van der Waals surface area contributed by atoms with Crippen molar-refractivity contribution in [3.05, 3.63) is 23.8 Å². The highest BCUT2D eigenvalue weighted by atomic mass is 16.5. The Hall–Kier alpha value is -1.75. The third kappa shape index (κ3) is 3.17. The first-order valence-corrected chi connectivity index (χ1v) is 6.61. The van der Waals surface area contributed by atoms with Crippen LogP contribution in [0.5, 0.6) is 0 Å². The number of nitrogen functional groups attached to an aromatic ring is 1. The van der Waals surface area contributed by atoms with E-state index in [1.807, 2.05) is 6.07 Å². The molecule has 19 heavy (non-hydrogen) atoms. The van der Waals surface area contributed by atoms with Crippen molar-refractivity contribution in [2.75, 3.05) is 30.3 Å². The number of hydrogen-bond acceptors (Lipinski definition) is 5. The molecule has 1 aliphatic rings. The normalized spacial score (nSPS) is 16.4. The van der Waals surface area contributed by atoms with Gasteiger partial charge < -0.3 is 20.5 Å². The van der Waals surface area contributed by atoms with Gasteiger partial charge in [-0.05, 0) is 38.0 Å². The summed E-state index contributed by atoms with van der Waals surface area (Å²) in [6.45, 7) is 3.69. The second-order valence-corrected chi connectivity index (χ2v) is 4.71. The molecule has 1 aliphatic heterocycles. The molecule has 1 aromatic carbocycles. The Kier molecular flexibility index (Phi) is 4.27. The summed E-state index contributed by atoms with van der Waals surface area (Å²) in [5.41, 5.74) is 7.97. The Labute approximate surface area is 113 Å². The van der Waals surface area contributed by atoms with Crippen molar-refractivity contribution in [1.29, 1.82) is 0 Å². The lowest BCUT2D eigenvalue weighted by Crippen LogP contribution is -2.36. The highest BCUT2D eigenvalue weighted by Gasteiger charge is 2.19. The third-order valence-electron chi connectivity index (χ3n) is 3.34. The molecule has 5 heteroatoms. The lowest BCUT2D eigenvalue weighted by molar-refractivity contribution is 0.0526. The van der Waals surface area contributed by atoms with Gasteiger partial charge >= 0.3 is 5.97 Å². The van der Waals surface area contributed by atoms with Crippen LogP contribution in [-0.2, 0) is 4.74 Å². The number of carbonyl (C=O) groups excluding carboxylic acids is 1. The number of aliphatic hydroxyl groups excluding tert-OH is 1. The van der Waals surface area contributed by atoms with E-state index < -0.39 is 0 Å². The Morgan fingerprint density at radius 3 is 2.74 bits per heavy atom. The van der Waals surface area contributed by atoms with Crippen molar-refractivity contribution in [3.8, 4) is 0 Å². The van der Waals surface area contributed by atoms with Gasteiger partial charge in [0, 0.05) is 13.1 Å². The molecule has 3 N–H and O–H groups in total. The smallest absolute Gasteiger partial charge is 0.338 e. The quantitative estimate of drug-likeness (QED) is 0.637. The lowest BCUT2D eigenvalue weighted by Gasteiger charge is -2.32. The van der Waals surface area contributed by atoms with E-state index >= 15 is 0 Å². The summed E-state index contributed by atoms with van der Waals surface area (Å²) in [6, 6.07) is 5.23. The van der Waals surface area contributed by atoms with E-state index in [1.54, 1.807) is 19.1 Å². The maximum Gasteiger partial charge on any atom is 0.338 e. The fourth-order valence-electron chi connectivity index (χ4n) is 2.29. The number of nitrogens with two attached hydrogens (primary N) is 1. The van der Waals surface area contributed by atoms with E-state index in [-0.39, 0.29) is 12.1 Å². The summed E-state index contributed by atoms with van der Waals surface area (Å²) in [5, 5.41) is 9.50. The molecule has 1 saturated heterocycles. The second-order valence-electron chi connectivity index (χ2n) is 4.71. The van der Waals surface area contributed by atoms with E-state index in [2.05, 4.69) is 4.90 Å². The molecule has 1 heterocycles. The molecule has 0 aromatic heterocycles. The molecule has 0 unspecified atom stereocenters. The molecule has 0 aliphatic carbocycles. The predicted octanol–water partition coefficient (Wildman–Crippen LogP) is 1.41. The van der Waals surface area contributed by atoms with E-state index in [1.165, 1.54) is 0 Å². The number of esters is 1. The van der Waals surface area contributed by atoms with Gasteiger partial charge in [-0.25, -0.2) is 4.79 Å². The molecule has 0 spiro atoms. The number of anilines is 2. The SMILES string of the molecule is CCOC(=O)c1ccc(N2CCC(O)CC2)c(N)c1. The molecule has 104 valence electrons. The molecule has 0 radical (unpaired) electrons. The van der Waals surface area contributed by atoms with E-state index in [9.17, 15) is 9.90 Å². The van der Waals surface area contributed by atoms with Gasteiger partial charge in [0.05, 0.1) is 29.6 Å². The second kappa shape index (κ2) is 5.93. The number of piperidine rings is 1. The molecule has 0 amide bonds. The van der Waals surface area contributed by atoms with Crippen molar-refractivity contribution in [1.82, 2.24) is 0 Å². The standard InChI is InChI=1S/C14H20N2O3/c1-2-19-14(18)10-3-4-13(12(15)9-10)16-7-5-11(17)6-8-16/h3-4,9,11,17H,2,5-8,15H2,1H3. The number of nitrogens with zero attached hydrogens (tertiary/aromatic N) is 1. The number of carbonyl (C=O) groups is 1. The molecule has 0 atom stereocenters. The third-order valence-corrected chi connectivity index (χ3v) is 3.34. The van der Waals surface area contributed by atoms with Gasteiger partial charge in [0.2, 0.25) is 0 Å². The van der Waals surface area contributed by atoms with Gasteiger partial charge in [0.1, 0.15) is 0 Å². The van der Waals surface area contributed by atoms with Gasteiger partial charge in [-0.1, -0.05) is 0 Å². The zero-order valence-corrected chi connectivity index (χ0v) is 11.1. The number of ether oxygens (including phenoxy) is 1. The molecule has 1 aromatic rings. The first-order valence-electron chi connectivity index (χ1n) is 6.61. The molecule has 2 rings (SSSR count). The zero-order valence-electron chi connectivity index (χ0n) is 11.1. The minimum absolute atomic E-state index is 0.212. The Balaban J connectivity index is 2.13. The van der Waals surface area contributed by atoms with Crippen LogP contribution in [0.25, 0.3) is 0 Å². The first-order chi connectivity index (χ1) is 9.11. The van der Waals surface area contributed by atoms with Crippen LogP contribution in [0.1, 0.15) is 30.1 Å². The van der Waals surface area contributed by atoms with Crippen molar-refractivity contribution < 1.29 is 14.6 Å². The number of aliphatic hydroxyl groups is 1. The fourth-order valence-corrected chi connectivity index (χ4v) is 2.29. The van der Waals surface area contributed by atoms with Crippen LogP contribution in [0.4, 0.5) is 11.4 Å². The number of hydrogen-bond donors (Lipinski definition) is 2. The Bertz CT molecular complexity index is 454. The highest BCUT2D eigenvalue weighted by molar-refractivity contribution is 5.92. The average molecular weight is 264 g/mol. The van der Waals surface area contributed by atoms with E-state index in [0.717, 1.165) is 31.6 Å². The number of benzene rings is 1. The Morgan fingerprint density at radius 1 is 1.47 bits per heavy atom. The predicted molar refractivity (Wildman–Crippen MR) is 74.3 cm³/mol. The van der Waals surface area contributed by atoms with Gasteiger partial charge in [0.15, 0.2) is 0 Å². The number of rotatable bonds is 3. The zero-order chi connectivity index (χ0) is 13.8. The van der Waals surface area contributed by atoms with Crippen LogP contribution in [0, 0.1) is 0 Å².